The summed E-state index contributed by atoms with van der Waals surface area (Å²) in [6, 6.07) is 14.1. The van der Waals surface area contributed by atoms with Gasteiger partial charge < -0.3 is 19.8 Å². The largest absolute Gasteiger partial charge is 0.391 e. The minimum atomic E-state index is -3.71. The fraction of sp³-hybridized carbons (Fsp3) is 0.417. The third kappa shape index (κ3) is 5.01. The zero-order valence-electron chi connectivity index (χ0n) is 19.1. The number of nitrogens with zero attached hydrogens (tertiary/aromatic N) is 4. The molecule has 2 N–H and O–H groups in total. The van der Waals surface area contributed by atoms with Crippen LogP contribution in [-0.4, -0.2) is 76.8 Å². The molecule has 10 heteroatoms. The van der Waals surface area contributed by atoms with E-state index in [2.05, 4.69) is 15.7 Å². The zero-order valence-corrected chi connectivity index (χ0v) is 20.0. The average molecular weight is 484 g/mol. The maximum Gasteiger partial charge on any atom is 0.256 e. The van der Waals surface area contributed by atoms with Gasteiger partial charge in [0.2, 0.25) is 10.0 Å². The third-order valence-corrected chi connectivity index (χ3v) is 7.86. The standard InChI is InChI=1S/C24H29N5O4S/c1-26-34(32,33)21-8-9-23(29-10-2-3-20(30)17-29)22(15-21)24(31)28-13-11-27(12-14-28)19-6-4-18(16-25)5-7-19/h4-9,15,20,26,30H,2-3,10-14,17H2,1H3. The number of piperazine rings is 1. The van der Waals surface area contributed by atoms with Crippen LogP contribution >= 0.6 is 0 Å². The molecule has 4 rings (SSSR count). The van der Waals surface area contributed by atoms with Gasteiger partial charge in [0, 0.05) is 50.6 Å². The van der Waals surface area contributed by atoms with Crippen LogP contribution in [0.1, 0.15) is 28.8 Å². The molecule has 0 aliphatic carbocycles. The van der Waals surface area contributed by atoms with Crippen LogP contribution in [0.4, 0.5) is 11.4 Å². The van der Waals surface area contributed by atoms with E-state index in [1.807, 2.05) is 17.0 Å². The Hall–Kier alpha value is -3.13. The van der Waals surface area contributed by atoms with Crippen molar-refractivity contribution in [2.75, 3.05) is 56.1 Å². The number of amides is 1. The van der Waals surface area contributed by atoms with Gasteiger partial charge in [0.25, 0.3) is 5.91 Å². The Morgan fingerprint density at radius 2 is 1.76 bits per heavy atom. The summed E-state index contributed by atoms with van der Waals surface area (Å²) in [6.07, 6.45) is 1.03. The Morgan fingerprint density at radius 3 is 2.38 bits per heavy atom. The van der Waals surface area contributed by atoms with E-state index in [1.54, 1.807) is 23.1 Å². The number of aliphatic hydroxyl groups is 1. The summed E-state index contributed by atoms with van der Waals surface area (Å²) in [5.41, 5.74) is 2.58. The predicted molar refractivity (Wildman–Crippen MR) is 129 cm³/mol. The molecule has 2 heterocycles. The highest BCUT2D eigenvalue weighted by atomic mass is 32.2. The second-order valence-electron chi connectivity index (χ2n) is 8.57. The summed E-state index contributed by atoms with van der Waals surface area (Å²) < 4.78 is 27.2. The van der Waals surface area contributed by atoms with Crippen molar-refractivity contribution in [3.05, 3.63) is 53.6 Å². The van der Waals surface area contributed by atoms with Gasteiger partial charge in [0.15, 0.2) is 0 Å². The summed E-state index contributed by atoms with van der Waals surface area (Å²) in [6.45, 7) is 3.34. The quantitative estimate of drug-likeness (QED) is 0.660. The second-order valence-corrected chi connectivity index (χ2v) is 10.5. The van der Waals surface area contributed by atoms with Crippen molar-refractivity contribution in [1.29, 1.82) is 5.26 Å². The maximum absolute atomic E-state index is 13.6. The molecule has 2 aromatic rings. The lowest BCUT2D eigenvalue weighted by molar-refractivity contribution is 0.0746. The van der Waals surface area contributed by atoms with Crippen molar-refractivity contribution >= 4 is 27.3 Å². The van der Waals surface area contributed by atoms with Crippen molar-refractivity contribution < 1.29 is 18.3 Å². The number of carbonyl (C=O) groups excluding carboxylic acids is 1. The molecular formula is C24H29N5O4S. The Morgan fingerprint density at radius 1 is 1.06 bits per heavy atom. The van der Waals surface area contributed by atoms with Gasteiger partial charge >= 0.3 is 0 Å². The number of aliphatic hydroxyl groups excluding tert-OH is 1. The summed E-state index contributed by atoms with van der Waals surface area (Å²) in [4.78, 5) is 19.5. The van der Waals surface area contributed by atoms with Gasteiger partial charge in [-0.2, -0.15) is 5.26 Å². The number of rotatable bonds is 5. The molecule has 2 aliphatic heterocycles. The third-order valence-electron chi connectivity index (χ3n) is 6.44. The fourth-order valence-electron chi connectivity index (χ4n) is 4.51. The van der Waals surface area contributed by atoms with Gasteiger partial charge in [-0.3, -0.25) is 4.79 Å². The Bertz CT molecular complexity index is 1180. The van der Waals surface area contributed by atoms with Crippen molar-refractivity contribution in [3.63, 3.8) is 0 Å². The molecule has 0 saturated carbocycles. The molecule has 1 atom stereocenters. The van der Waals surface area contributed by atoms with Crippen LogP contribution in [0.5, 0.6) is 0 Å². The van der Waals surface area contributed by atoms with Crippen LogP contribution in [-0.2, 0) is 10.0 Å². The van der Waals surface area contributed by atoms with Gasteiger partial charge in [-0.1, -0.05) is 0 Å². The highest BCUT2D eigenvalue weighted by Crippen LogP contribution is 2.29. The molecular weight excluding hydrogens is 454 g/mol. The topological polar surface area (TPSA) is 117 Å². The Balaban J connectivity index is 1.57. The van der Waals surface area contributed by atoms with Crippen molar-refractivity contribution in [3.8, 4) is 6.07 Å². The molecule has 0 bridgehead atoms. The first-order valence-corrected chi connectivity index (χ1v) is 12.9. The number of carbonyl (C=O) groups is 1. The Kier molecular flexibility index (Phi) is 7.07. The van der Waals surface area contributed by atoms with E-state index in [0.717, 1.165) is 12.1 Å². The van der Waals surface area contributed by atoms with Crippen molar-refractivity contribution in [2.45, 2.75) is 23.8 Å². The highest BCUT2D eigenvalue weighted by molar-refractivity contribution is 7.89. The first-order valence-electron chi connectivity index (χ1n) is 11.4. The molecule has 34 heavy (non-hydrogen) atoms. The lowest BCUT2D eigenvalue weighted by Gasteiger charge is -2.38. The number of hydrogen-bond donors (Lipinski definition) is 2. The van der Waals surface area contributed by atoms with Crippen LogP contribution in [0.3, 0.4) is 0 Å². The molecule has 2 aliphatic rings. The Labute approximate surface area is 200 Å². The molecule has 2 saturated heterocycles. The van der Waals surface area contributed by atoms with Gasteiger partial charge in [0.05, 0.1) is 28.2 Å². The van der Waals surface area contributed by atoms with Crippen molar-refractivity contribution in [1.82, 2.24) is 9.62 Å². The smallest absolute Gasteiger partial charge is 0.256 e. The molecule has 180 valence electrons. The zero-order chi connectivity index (χ0) is 24.3. The van der Waals surface area contributed by atoms with Gasteiger partial charge in [-0.15, -0.1) is 0 Å². The molecule has 9 nitrogen and oxygen atoms in total. The van der Waals surface area contributed by atoms with Gasteiger partial charge in [0.1, 0.15) is 0 Å². The summed E-state index contributed by atoms with van der Waals surface area (Å²) in [7, 11) is -2.37. The second kappa shape index (κ2) is 10.0. The molecule has 0 spiro atoms. The number of β-amino-alcohol motifs (C(OH)–C–C–N with tert-alkyl or cyclic N) is 1. The summed E-state index contributed by atoms with van der Waals surface area (Å²) >= 11 is 0. The number of sulfonamides is 1. The van der Waals surface area contributed by atoms with Crippen LogP contribution in [0.15, 0.2) is 47.4 Å². The maximum atomic E-state index is 13.6. The van der Waals surface area contributed by atoms with E-state index in [4.69, 9.17) is 5.26 Å². The SMILES string of the molecule is CNS(=O)(=O)c1ccc(N2CCCC(O)C2)c(C(=O)N2CCN(c3ccc(C#N)cc3)CC2)c1. The lowest BCUT2D eigenvalue weighted by Crippen LogP contribution is -2.49. The summed E-state index contributed by atoms with van der Waals surface area (Å²) in [5, 5.41) is 19.1. The van der Waals surface area contributed by atoms with Crippen LogP contribution in [0, 0.1) is 11.3 Å². The number of nitriles is 1. The molecule has 2 aromatic carbocycles. The normalized spacial score (nSPS) is 19.1. The van der Waals surface area contributed by atoms with Crippen LogP contribution in [0.25, 0.3) is 0 Å². The first kappa shape index (κ1) is 24.0. The number of nitrogens with one attached hydrogen (secondary N) is 1. The fourth-order valence-corrected chi connectivity index (χ4v) is 5.26. The van der Waals surface area contributed by atoms with Gasteiger partial charge in [-0.05, 0) is 62.4 Å². The minimum Gasteiger partial charge on any atom is -0.391 e. The molecule has 1 amide bonds. The number of piperidine rings is 1. The number of benzene rings is 2. The van der Waals surface area contributed by atoms with E-state index in [1.165, 1.54) is 19.2 Å². The highest BCUT2D eigenvalue weighted by Gasteiger charge is 2.29. The van der Waals surface area contributed by atoms with E-state index in [9.17, 15) is 18.3 Å². The summed E-state index contributed by atoms with van der Waals surface area (Å²) in [5.74, 6) is -0.220. The molecule has 0 aromatic heterocycles. The van der Waals surface area contributed by atoms with E-state index < -0.39 is 16.1 Å². The predicted octanol–water partition coefficient (Wildman–Crippen LogP) is 1.39. The average Bonchev–Trinajstić information content (AvgIpc) is 2.88. The lowest BCUT2D eigenvalue weighted by atomic mass is 10.0. The molecule has 0 radical (unpaired) electrons. The van der Waals surface area contributed by atoms with E-state index in [-0.39, 0.29) is 10.8 Å². The van der Waals surface area contributed by atoms with E-state index in [0.29, 0.717) is 62.5 Å². The number of anilines is 2. The monoisotopic (exact) mass is 483 g/mol. The van der Waals surface area contributed by atoms with Crippen LogP contribution in [0.2, 0.25) is 0 Å². The van der Waals surface area contributed by atoms with Crippen molar-refractivity contribution in [2.24, 2.45) is 0 Å². The number of hydrogen-bond acceptors (Lipinski definition) is 7. The molecule has 1 unspecified atom stereocenters. The van der Waals surface area contributed by atoms with Crippen LogP contribution < -0.4 is 14.5 Å². The minimum absolute atomic E-state index is 0.0378. The first-order chi connectivity index (χ1) is 16.3. The van der Waals surface area contributed by atoms with Gasteiger partial charge in [-0.25, -0.2) is 13.1 Å². The molecule has 2 fully saturated rings. The van der Waals surface area contributed by atoms with E-state index >= 15 is 0 Å².